The molecule has 0 heterocycles. The predicted octanol–water partition coefficient (Wildman–Crippen LogP) is 2.05. The smallest absolute Gasteiger partial charge is 0.237 e. The summed E-state index contributed by atoms with van der Waals surface area (Å²) in [6.07, 6.45) is -0.0664. The van der Waals surface area contributed by atoms with Crippen molar-refractivity contribution in [3.05, 3.63) is 65.2 Å². The maximum absolute atomic E-state index is 14.5. The van der Waals surface area contributed by atoms with Gasteiger partial charge in [0.1, 0.15) is 24.9 Å². The van der Waals surface area contributed by atoms with Crippen molar-refractivity contribution >= 4 is 34.3 Å². The predicted molar refractivity (Wildman–Crippen MR) is 133 cm³/mol. The molecular weight excluding hydrogens is 559 g/mol. The van der Waals surface area contributed by atoms with Crippen LogP contribution < -0.4 is 21.1 Å². The molecule has 2 aromatic rings. The van der Waals surface area contributed by atoms with E-state index in [1.165, 1.54) is 11.0 Å². The first-order chi connectivity index (χ1) is 16.3. The number of ether oxygens (including phenoxy) is 1. The molecule has 1 fully saturated rings. The van der Waals surface area contributed by atoms with Gasteiger partial charge in [-0.2, -0.15) is 0 Å². The molecule has 3 atom stereocenters. The van der Waals surface area contributed by atoms with Gasteiger partial charge < -0.3 is 31.1 Å². The van der Waals surface area contributed by atoms with Crippen LogP contribution in [-0.4, -0.2) is 58.2 Å². The van der Waals surface area contributed by atoms with Gasteiger partial charge in [-0.3, -0.25) is 10.2 Å². The van der Waals surface area contributed by atoms with Gasteiger partial charge in [0.25, 0.3) is 0 Å². The Kier molecular flexibility index (Phi) is 9.56. The van der Waals surface area contributed by atoms with Gasteiger partial charge in [0, 0.05) is 23.6 Å². The highest BCUT2D eigenvalue weighted by Crippen LogP contribution is 2.46. The molecule has 0 aliphatic heterocycles. The summed E-state index contributed by atoms with van der Waals surface area (Å²) in [5.41, 5.74) is 7.19. The van der Waals surface area contributed by atoms with Crippen LogP contribution in [0.2, 0.25) is 0 Å². The number of rotatable bonds is 12. The van der Waals surface area contributed by atoms with Crippen LogP contribution in [0.4, 0.5) is 8.78 Å². The van der Waals surface area contributed by atoms with E-state index in [4.69, 9.17) is 21.0 Å². The van der Waals surface area contributed by atoms with Gasteiger partial charge in [0.05, 0.1) is 23.8 Å². The third-order valence-corrected chi connectivity index (χ3v) is 6.22. The third kappa shape index (κ3) is 7.32. The summed E-state index contributed by atoms with van der Waals surface area (Å²) < 4.78 is 34.6. The number of nitrogens with two attached hydrogens (primary N) is 1. The molecule has 11 heteroatoms. The van der Waals surface area contributed by atoms with Crippen LogP contribution in [0.5, 0.6) is 5.75 Å². The molecule has 1 aliphatic rings. The molecular formula is C23H28F2IN5O3. The Bertz CT molecular complexity index is 998. The molecule has 3 rings (SSSR count). The molecule has 0 aromatic heterocycles. The summed E-state index contributed by atoms with van der Waals surface area (Å²) in [5.74, 6) is -1.89. The fourth-order valence-corrected chi connectivity index (χ4v) is 4.26. The average molecular weight is 587 g/mol. The molecule has 0 bridgehead atoms. The highest BCUT2D eigenvalue weighted by molar-refractivity contribution is 14.1. The zero-order chi connectivity index (χ0) is 24.7. The molecule has 1 amide bonds. The van der Waals surface area contributed by atoms with Crippen LogP contribution in [0.15, 0.2) is 42.5 Å². The second-order valence-electron chi connectivity index (χ2n) is 8.03. The highest BCUT2D eigenvalue weighted by atomic mass is 127. The fraction of sp³-hybridized carbons (Fsp3) is 0.391. The number of nitrogens with one attached hydrogen (secondary N) is 3. The Morgan fingerprint density at radius 2 is 2.06 bits per heavy atom. The van der Waals surface area contributed by atoms with E-state index in [1.807, 2.05) is 52.9 Å². The van der Waals surface area contributed by atoms with Gasteiger partial charge in [-0.25, -0.2) is 8.78 Å². The molecule has 34 heavy (non-hydrogen) atoms. The summed E-state index contributed by atoms with van der Waals surface area (Å²) in [5, 5.41) is 22.1. The molecule has 1 saturated carbocycles. The molecule has 3 unspecified atom stereocenters. The molecule has 1 aliphatic carbocycles. The van der Waals surface area contributed by atoms with Crippen LogP contribution >= 0.6 is 22.6 Å². The van der Waals surface area contributed by atoms with E-state index in [9.17, 15) is 13.6 Å². The average Bonchev–Trinajstić information content (AvgIpc) is 3.60. The van der Waals surface area contributed by atoms with Crippen molar-refractivity contribution in [1.82, 2.24) is 15.5 Å². The van der Waals surface area contributed by atoms with E-state index in [2.05, 4.69) is 10.6 Å². The van der Waals surface area contributed by atoms with Gasteiger partial charge in [0.15, 0.2) is 11.6 Å². The lowest BCUT2D eigenvalue weighted by Gasteiger charge is -2.25. The quantitative estimate of drug-likeness (QED) is 0.0648. The van der Waals surface area contributed by atoms with Crippen molar-refractivity contribution in [2.45, 2.75) is 31.2 Å². The van der Waals surface area contributed by atoms with Gasteiger partial charge in [-0.05, 0) is 18.1 Å². The second-order valence-corrected chi connectivity index (χ2v) is 8.72. The van der Waals surface area contributed by atoms with Crippen LogP contribution in [0.25, 0.3) is 0 Å². The van der Waals surface area contributed by atoms with Crippen molar-refractivity contribution < 1.29 is 23.4 Å². The number of nitrogens with zero attached hydrogens (tertiary/aromatic N) is 1. The van der Waals surface area contributed by atoms with Gasteiger partial charge in [-0.15, -0.1) is 0 Å². The van der Waals surface area contributed by atoms with Crippen molar-refractivity contribution in [3.8, 4) is 5.75 Å². The van der Waals surface area contributed by atoms with Gasteiger partial charge in [-0.1, -0.05) is 52.9 Å². The fourth-order valence-electron chi connectivity index (χ4n) is 3.60. The molecule has 8 nitrogen and oxygen atoms in total. The number of amides is 1. The van der Waals surface area contributed by atoms with E-state index in [0.717, 1.165) is 11.6 Å². The minimum Gasteiger partial charge on any atom is -0.486 e. The van der Waals surface area contributed by atoms with Crippen molar-refractivity contribution in [3.63, 3.8) is 0 Å². The number of hydrogen-bond acceptors (Lipinski definition) is 6. The number of aliphatic hydroxyl groups excluding tert-OH is 1. The Morgan fingerprint density at radius 1 is 1.32 bits per heavy atom. The van der Waals surface area contributed by atoms with Crippen LogP contribution in [0.1, 0.15) is 23.5 Å². The Balaban J connectivity index is 1.57. The first-order valence-corrected chi connectivity index (χ1v) is 12.3. The topological polar surface area (TPSA) is 124 Å². The van der Waals surface area contributed by atoms with Crippen molar-refractivity contribution in [1.29, 1.82) is 5.41 Å². The summed E-state index contributed by atoms with van der Waals surface area (Å²) in [6.45, 7) is -0.112. The van der Waals surface area contributed by atoms with E-state index in [1.54, 1.807) is 0 Å². The lowest BCUT2D eigenvalue weighted by atomic mass is 10.1. The number of carbonyl (C=O) groups is 1. The minimum absolute atomic E-state index is 0.0307. The Labute approximate surface area is 210 Å². The SMILES string of the molecule is N=C(CO)NC(N)CN(CI)C(=O)CNC1CC1c1cc(F)cc(F)c1OCc1ccccc1. The lowest BCUT2D eigenvalue weighted by molar-refractivity contribution is -0.129. The summed E-state index contributed by atoms with van der Waals surface area (Å²) in [6, 6.07) is 11.3. The molecule has 0 saturated heterocycles. The normalized spacial score (nSPS) is 17.7. The summed E-state index contributed by atoms with van der Waals surface area (Å²) in [4.78, 5) is 14.1. The molecule has 0 spiro atoms. The number of aliphatic hydroxyl groups is 1. The Hall–Kier alpha value is -2.35. The first-order valence-electron chi connectivity index (χ1n) is 10.8. The minimum atomic E-state index is -0.751. The zero-order valence-electron chi connectivity index (χ0n) is 18.4. The van der Waals surface area contributed by atoms with Crippen molar-refractivity contribution in [2.75, 3.05) is 24.2 Å². The van der Waals surface area contributed by atoms with E-state index in [0.29, 0.717) is 16.5 Å². The molecule has 2 aromatic carbocycles. The third-order valence-electron chi connectivity index (χ3n) is 5.40. The van der Waals surface area contributed by atoms with Crippen LogP contribution in [0.3, 0.4) is 0 Å². The highest BCUT2D eigenvalue weighted by Gasteiger charge is 2.41. The van der Waals surface area contributed by atoms with E-state index in [-0.39, 0.29) is 49.1 Å². The summed E-state index contributed by atoms with van der Waals surface area (Å²) in [7, 11) is 0. The van der Waals surface area contributed by atoms with Crippen LogP contribution in [0, 0.1) is 17.0 Å². The van der Waals surface area contributed by atoms with Crippen LogP contribution in [-0.2, 0) is 11.4 Å². The number of hydrogen-bond donors (Lipinski definition) is 5. The largest absolute Gasteiger partial charge is 0.486 e. The van der Waals surface area contributed by atoms with E-state index >= 15 is 0 Å². The number of halogens is 3. The second kappa shape index (κ2) is 12.4. The standard InChI is InChI=1S/C23H28F2IN5O3/c24-15-6-17(23(18(25)7-15)34-12-14-4-2-1-3-5-14)16-8-19(16)29-9-22(33)31(13-26)10-20(27)30-21(28)11-32/h1-7,16,19-20,29,32H,8-13,27H2,(H2,28,30). The number of alkyl halides is 1. The number of amidine groups is 1. The molecule has 6 N–H and O–H groups in total. The maximum atomic E-state index is 14.5. The Morgan fingerprint density at radius 3 is 2.74 bits per heavy atom. The summed E-state index contributed by atoms with van der Waals surface area (Å²) >= 11 is 2.04. The van der Waals surface area contributed by atoms with E-state index < -0.39 is 24.4 Å². The maximum Gasteiger partial charge on any atom is 0.237 e. The van der Waals surface area contributed by atoms with Gasteiger partial charge >= 0.3 is 0 Å². The van der Waals surface area contributed by atoms with Crippen molar-refractivity contribution in [2.24, 2.45) is 5.73 Å². The zero-order valence-corrected chi connectivity index (χ0v) is 20.6. The lowest BCUT2D eigenvalue weighted by Crippen LogP contribution is -2.52. The monoisotopic (exact) mass is 587 g/mol. The first kappa shape index (κ1) is 26.3. The number of carbonyl (C=O) groups excluding carboxylic acids is 1. The molecule has 0 radical (unpaired) electrons. The molecule has 184 valence electrons. The number of benzene rings is 2. The van der Waals surface area contributed by atoms with Gasteiger partial charge in [0.2, 0.25) is 5.91 Å².